The summed E-state index contributed by atoms with van der Waals surface area (Å²) in [6.07, 6.45) is -5.65. The molecule has 0 spiro atoms. The average Bonchev–Trinajstić information content (AvgIpc) is 3.50. The average molecular weight is 695 g/mol. The smallest absolute Gasteiger partial charge is 0.322 e. The maximum Gasteiger partial charge on any atom is 0.416 e. The number of anilines is 2. The number of amides is 2. The normalized spacial score (nSPS) is 11.6. The van der Waals surface area contributed by atoms with E-state index in [2.05, 4.69) is 17.6 Å². The van der Waals surface area contributed by atoms with E-state index in [-0.39, 0.29) is 16.9 Å². The maximum absolute atomic E-state index is 13.7. The zero-order valence-electron chi connectivity index (χ0n) is 25.8. The number of nitrogens with zero attached hydrogens (tertiary/aromatic N) is 2. The molecular weight excluding hydrogens is 666 g/mol. The SMILES string of the molecule is CCCSc1ccc(-c2nn(-c3ccccc3)cc2C=C(C(=O)Nc2cccc(C(F)(F)F)c2)C(=O)Nc2cccc(C(F)(F)F)c2)cc1. The number of hydrogen-bond acceptors (Lipinski definition) is 4. The molecule has 49 heavy (non-hydrogen) atoms. The van der Waals surface area contributed by atoms with E-state index >= 15 is 0 Å². The molecule has 6 nitrogen and oxygen atoms in total. The van der Waals surface area contributed by atoms with Gasteiger partial charge in [0.05, 0.1) is 22.5 Å². The molecule has 0 unspecified atom stereocenters. The van der Waals surface area contributed by atoms with Gasteiger partial charge in [0.2, 0.25) is 0 Å². The van der Waals surface area contributed by atoms with Crippen LogP contribution < -0.4 is 10.6 Å². The van der Waals surface area contributed by atoms with Crippen LogP contribution in [-0.4, -0.2) is 27.3 Å². The van der Waals surface area contributed by atoms with Crippen molar-refractivity contribution in [2.45, 2.75) is 30.6 Å². The summed E-state index contributed by atoms with van der Waals surface area (Å²) in [6.45, 7) is 2.07. The third kappa shape index (κ3) is 8.99. The zero-order chi connectivity index (χ0) is 35.2. The summed E-state index contributed by atoms with van der Waals surface area (Å²) < 4.78 is 81.9. The Morgan fingerprint density at radius 1 is 0.755 bits per heavy atom. The maximum atomic E-state index is 13.7. The Bertz CT molecular complexity index is 1900. The Balaban J connectivity index is 1.60. The van der Waals surface area contributed by atoms with Gasteiger partial charge in [-0.25, -0.2) is 4.68 Å². The molecular formula is C36H28F6N4O2S. The minimum absolute atomic E-state index is 0.252. The molecule has 0 aliphatic rings. The van der Waals surface area contributed by atoms with Crippen molar-refractivity contribution in [3.8, 4) is 16.9 Å². The highest BCUT2D eigenvalue weighted by atomic mass is 32.2. The zero-order valence-corrected chi connectivity index (χ0v) is 26.6. The number of alkyl halides is 6. The van der Waals surface area contributed by atoms with Crippen LogP contribution in [0.3, 0.4) is 0 Å². The number of para-hydroxylation sites is 1. The van der Waals surface area contributed by atoms with Crippen molar-refractivity contribution in [1.82, 2.24) is 9.78 Å². The van der Waals surface area contributed by atoms with Gasteiger partial charge in [0.15, 0.2) is 0 Å². The molecule has 0 radical (unpaired) electrons. The van der Waals surface area contributed by atoms with Crippen molar-refractivity contribution >= 4 is 41.0 Å². The van der Waals surface area contributed by atoms with Gasteiger partial charge >= 0.3 is 12.4 Å². The number of thioether (sulfide) groups is 1. The van der Waals surface area contributed by atoms with Crippen LogP contribution in [0.4, 0.5) is 37.7 Å². The van der Waals surface area contributed by atoms with Gasteiger partial charge in [0, 0.05) is 33.6 Å². The summed E-state index contributed by atoms with van der Waals surface area (Å²) in [7, 11) is 0. The fraction of sp³-hybridized carbons (Fsp3) is 0.139. The third-order valence-corrected chi connectivity index (χ3v) is 8.27. The van der Waals surface area contributed by atoms with Gasteiger partial charge in [-0.15, -0.1) is 11.8 Å². The fourth-order valence-electron chi connectivity index (χ4n) is 4.69. The summed E-state index contributed by atoms with van der Waals surface area (Å²) in [5, 5.41) is 9.36. The summed E-state index contributed by atoms with van der Waals surface area (Å²) in [6, 6.07) is 24.1. The quantitative estimate of drug-likeness (QED) is 0.0502. The lowest BCUT2D eigenvalue weighted by Gasteiger charge is -2.13. The number of rotatable bonds is 10. The molecule has 0 aliphatic heterocycles. The Hall–Kier alpha value is -5.30. The molecule has 252 valence electrons. The largest absolute Gasteiger partial charge is 0.416 e. The standard InChI is InChI=1S/C36H28F6N4O2S/c1-2-18-49-30-16-14-23(15-17-30)32-24(22-46(45-32)29-12-4-3-5-13-29)19-31(33(47)43-27-10-6-8-25(20-27)35(37,38)39)34(48)44-28-11-7-9-26(21-28)36(40,41)42/h3-17,19-22H,2,18H2,1H3,(H,43,47)(H,44,48). The molecule has 0 atom stereocenters. The van der Waals surface area contributed by atoms with Gasteiger partial charge in [-0.2, -0.15) is 31.4 Å². The first-order valence-corrected chi connectivity index (χ1v) is 15.9. The summed E-state index contributed by atoms with van der Waals surface area (Å²) in [4.78, 5) is 28.4. The third-order valence-electron chi connectivity index (χ3n) is 7.05. The molecule has 0 saturated heterocycles. The second kappa shape index (κ2) is 14.9. The molecule has 4 aromatic carbocycles. The number of aromatic nitrogens is 2. The lowest BCUT2D eigenvalue weighted by Crippen LogP contribution is -2.25. The monoisotopic (exact) mass is 694 g/mol. The molecule has 1 heterocycles. The lowest BCUT2D eigenvalue weighted by atomic mass is 10.0. The van der Waals surface area contributed by atoms with Crippen LogP contribution in [0, 0.1) is 0 Å². The van der Waals surface area contributed by atoms with E-state index in [0.29, 0.717) is 29.1 Å². The van der Waals surface area contributed by atoms with Crippen molar-refractivity contribution in [3.05, 3.63) is 132 Å². The minimum atomic E-state index is -4.70. The van der Waals surface area contributed by atoms with E-state index in [1.165, 1.54) is 22.9 Å². The molecule has 2 amide bonds. The van der Waals surface area contributed by atoms with E-state index in [1.807, 2.05) is 30.3 Å². The first kappa shape index (κ1) is 35.0. The van der Waals surface area contributed by atoms with Crippen LogP contribution in [0.5, 0.6) is 0 Å². The molecule has 0 bridgehead atoms. The van der Waals surface area contributed by atoms with E-state index in [4.69, 9.17) is 5.10 Å². The van der Waals surface area contributed by atoms with Crippen LogP contribution in [0.2, 0.25) is 0 Å². The lowest BCUT2D eigenvalue weighted by molar-refractivity contribution is -0.138. The van der Waals surface area contributed by atoms with Crippen LogP contribution in [0.25, 0.3) is 23.0 Å². The van der Waals surface area contributed by atoms with Crippen LogP contribution in [0.15, 0.2) is 120 Å². The van der Waals surface area contributed by atoms with E-state index in [1.54, 1.807) is 42.2 Å². The van der Waals surface area contributed by atoms with Gasteiger partial charge in [-0.1, -0.05) is 49.4 Å². The first-order valence-electron chi connectivity index (χ1n) is 14.9. The Morgan fingerprint density at radius 3 is 1.82 bits per heavy atom. The summed E-state index contributed by atoms with van der Waals surface area (Å²) >= 11 is 1.67. The number of carbonyl (C=O) groups is 2. The molecule has 0 saturated carbocycles. The number of nitrogens with one attached hydrogen (secondary N) is 2. The van der Waals surface area contributed by atoms with Crippen LogP contribution in [0.1, 0.15) is 30.0 Å². The van der Waals surface area contributed by atoms with E-state index in [9.17, 15) is 35.9 Å². The minimum Gasteiger partial charge on any atom is -0.322 e. The van der Waals surface area contributed by atoms with Crippen LogP contribution >= 0.6 is 11.8 Å². The Kier molecular flexibility index (Phi) is 10.6. The molecule has 1 aromatic heterocycles. The number of carbonyl (C=O) groups excluding carboxylic acids is 2. The molecule has 5 aromatic rings. The highest BCUT2D eigenvalue weighted by Crippen LogP contribution is 2.33. The van der Waals surface area contributed by atoms with Crippen molar-refractivity contribution < 1.29 is 35.9 Å². The topological polar surface area (TPSA) is 76.0 Å². The fourth-order valence-corrected chi connectivity index (χ4v) is 5.46. The number of benzene rings is 4. The van der Waals surface area contributed by atoms with E-state index in [0.717, 1.165) is 41.3 Å². The first-order chi connectivity index (χ1) is 23.3. The second-order valence-corrected chi connectivity index (χ2v) is 11.9. The predicted octanol–water partition coefficient (Wildman–Crippen LogP) is 9.74. The Labute approximate surface area is 281 Å². The molecule has 2 N–H and O–H groups in total. The summed E-state index contributed by atoms with van der Waals surface area (Å²) in [5.74, 6) is -1.29. The van der Waals surface area contributed by atoms with Crippen molar-refractivity contribution in [2.75, 3.05) is 16.4 Å². The van der Waals surface area contributed by atoms with Gasteiger partial charge in [-0.3, -0.25) is 9.59 Å². The molecule has 13 heteroatoms. The molecule has 0 aliphatic carbocycles. The number of halogens is 6. The molecule has 5 rings (SSSR count). The van der Waals surface area contributed by atoms with E-state index < -0.39 is 40.9 Å². The van der Waals surface area contributed by atoms with Crippen molar-refractivity contribution in [3.63, 3.8) is 0 Å². The number of hydrogen-bond donors (Lipinski definition) is 2. The highest BCUT2D eigenvalue weighted by Gasteiger charge is 2.32. The summed E-state index contributed by atoms with van der Waals surface area (Å²) in [5.41, 5.74) is -1.22. The highest BCUT2D eigenvalue weighted by molar-refractivity contribution is 7.99. The Morgan fingerprint density at radius 2 is 1.31 bits per heavy atom. The van der Waals surface area contributed by atoms with Gasteiger partial charge < -0.3 is 10.6 Å². The van der Waals surface area contributed by atoms with Gasteiger partial charge in [-0.05, 0) is 78.9 Å². The van der Waals surface area contributed by atoms with Gasteiger partial charge in [0.1, 0.15) is 5.57 Å². The van der Waals surface area contributed by atoms with Crippen molar-refractivity contribution in [1.29, 1.82) is 0 Å². The predicted molar refractivity (Wildman–Crippen MR) is 178 cm³/mol. The molecule has 0 fully saturated rings. The van der Waals surface area contributed by atoms with Crippen molar-refractivity contribution in [2.24, 2.45) is 0 Å². The van der Waals surface area contributed by atoms with Gasteiger partial charge in [0.25, 0.3) is 11.8 Å². The second-order valence-electron chi connectivity index (χ2n) is 10.7. The van der Waals surface area contributed by atoms with Crippen LogP contribution in [-0.2, 0) is 21.9 Å².